The molecule has 9 rings (SSSR count). The fourth-order valence-electron chi connectivity index (χ4n) is 9.25. The molecule has 4 saturated heterocycles. The summed E-state index contributed by atoms with van der Waals surface area (Å²) < 4.78 is 61.7. The van der Waals surface area contributed by atoms with Crippen LogP contribution in [-0.4, -0.2) is 108 Å². The zero-order valence-electron chi connectivity index (χ0n) is 29.5. The summed E-state index contributed by atoms with van der Waals surface area (Å²) >= 11 is 0. The van der Waals surface area contributed by atoms with Gasteiger partial charge in [-0.05, 0) is 87.4 Å². The number of H-pyrrole nitrogens is 1. The van der Waals surface area contributed by atoms with E-state index in [0.717, 1.165) is 85.9 Å². The summed E-state index contributed by atoms with van der Waals surface area (Å²) in [4.78, 5) is 30.7. The van der Waals surface area contributed by atoms with Crippen LogP contribution >= 0.6 is 0 Å². The normalized spacial score (nSPS) is 21.3. The Morgan fingerprint density at radius 1 is 0.981 bits per heavy atom. The second-order valence-corrected chi connectivity index (χ2v) is 16.1. The fraction of sp³-hybridized carbons (Fsp3) is 0.526. The molecule has 10 nitrogen and oxygen atoms in total. The average Bonchev–Trinajstić information content (AvgIpc) is 3.68. The Bertz CT molecular complexity index is 2110. The number of carbonyl (C=O) groups excluding carboxylic acids is 1. The van der Waals surface area contributed by atoms with Gasteiger partial charge in [-0.2, -0.15) is 23.3 Å². The number of nitrogens with zero attached hydrogens (tertiary/aromatic N) is 7. The lowest BCUT2D eigenvalue weighted by Gasteiger charge is -2.54. The van der Waals surface area contributed by atoms with Gasteiger partial charge in [-0.3, -0.25) is 9.89 Å². The maximum atomic E-state index is 14.1. The topological polar surface area (TPSA) is 93.7 Å². The van der Waals surface area contributed by atoms with Crippen molar-refractivity contribution >= 4 is 39.5 Å². The number of ether oxygens (including phenoxy) is 1. The van der Waals surface area contributed by atoms with Gasteiger partial charge < -0.3 is 24.3 Å². The maximum Gasteiger partial charge on any atom is 0.422 e. The van der Waals surface area contributed by atoms with Crippen LogP contribution in [0, 0.1) is 17.8 Å². The van der Waals surface area contributed by atoms with Gasteiger partial charge in [-0.1, -0.05) is 12.6 Å². The summed E-state index contributed by atoms with van der Waals surface area (Å²) in [6.07, 6.45) is 1.60. The molecule has 1 N–H and O–H groups in total. The Kier molecular flexibility index (Phi) is 7.56. The van der Waals surface area contributed by atoms with Crippen LogP contribution in [0.2, 0.25) is 0 Å². The predicted octanol–water partition coefficient (Wildman–Crippen LogP) is 6.35. The van der Waals surface area contributed by atoms with Gasteiger partial charge in [0.15, 0.2) is 18.2 Å². The summed E-state index contributed by atoms with van der Waals surface area (Å²) in [5, 5.41) is 8.79. The second-order valence-electron chi connectivity index (χ2n) is 16.1. The monoisotopic (exact) mass is 718 g/mol. The highest BCUT2D eigenvalue weighted by Gasteiger charge is 2.49. The van der Waals surface area contributed by atoms with E-state index in [1.165, 1.54) is 4.90 Å². The number of hydrogen-bond acceptors (Lipinski definition) is 8. The Hall–Kier alpha value is -4.46. The standard InChI is InChI=1S/C38H42F4N8O2/c1-22-4-7-28-27(15-43-46-28)29(22)30-25(24-5-6-24)14-26-31(32(30)52-21-38(40,41)42)44-35(50-19-37(20-50)8-11-47(3)16-37)45-33(26)48-12-9-36(10-13-48)17-49(18-36)34(51)23(2)39/h4,7,14-15,24H,2,5-6,8-13,16-21H2,1,3H3,(H,43,46). The van der Waals surface area contributed by atoms with E-state index in [4.69, 9.17) is 14.7 Å². The molecule has 4 aromatic rings. The number of anilines is 2. The molecule has 5 fully saturated rings. The van der Waals surface area contributed by atoms with Crippen molar-refractivity contribution in [1.29, 1.82) is 0 Å². The Balaban J connectivity index is 1.19. The molecule has 274 valence electrons. The average molecular weight is 719 g/mol. The molecule has 0 bridgehead atoms. The van der Waals surface area contributed by atoms with E-state index < -0.39 is 24.5 Å². The Labute approximate surface area is 298 Å². The number of rotatable bonds is 7. The number of hydrogen-bond donors (Lipinski definition) is 1. The zero-order valence-corrected chi connectivity index (χ0v) is 29.5. The van der Waals surface area contributed by atoms with Crippen LogP contribution in [0.4, 0.5) is 29.3 Å². The lowest BCUT2D eigenvalue weighted by molar-refractivity contribution is -0.153. The van der Waals surface area contributed by atoms with Crippen molar-refractivity contribution in [2.75, 3.05) is 75.8 Å². The molecule has 1 aliphatic carbocycles. The van der Waals surface area contributed by atoms with Crippen molar-refractivity contribution < 1.29 is 27.1 Å². The SMILES string of the molecule is C=C(F)C(=O)N1CC2(CCN(c3nc(N4CC5(CCN(C)C5)C4)nc4c(OCC(F)(F)F)c(-c5c(C)ccc6[nH]ncc56)c(C5CC5)cc34)CC2)C1. The molecule has 1 amide bonds. The lowest BCUT2D eigenvalue weighted by atomic mass is 9.72. The van der Waals surface area contributed by atoms with E-state index in [-0.39, 0.29) is 22.5 Å². The minimum Gasteiger partial charge on any atom is -0.481 e. The summed E-state index contributed by atoms with van der Waals surface area (Å²) in [6.45, 7) is 9.45. The number of aromatic amines is 1. The quantitative estimate of drug-likeness (QED) is 0.175. The summed E-state index contributed by atoms with van der Waals surface area (Å²) in [5.74, 6) is -0.140. The van der Waals surface area contributed by atoms with Gasteiger partial charge in [0, 0.05) is 73.0 Å². The van der Waals surface area contributed by atoms with Crippen molar-refractivity contribution in [3.05, 3.63) is 47.9 Å². The molecule has 0 radical (unpaired) electrons. The van der Waals surface area contributed by atoms with Gasteiger partial charge in [-0.15, -0.1) is 0 Å². The second kappa shape index (κ2) is 11.8. The van der Waals surface area contributed by atoms with E-state index in [0.29, 0.717) is 54.4 Å². The number of nitrogens with one attached hydrogen (secondary N) is 1. The fourth-order valence-corrected chi connectivity index (χ4v) is 9.25. The third kappa shape index (κ3) is 5.64. The zero-order chi connectivity index (χ0) is 36.2. The number of piperidine rings is 1. The first-order valence-corrected chi connectivity index (χ1v) is 18.1. The van der Waals surface area contributed by atoms with E-state index in [9.17, 15) is 22.4 Å². The smallest absolute Gasteiger partial charge is 0.422 e. The number of fused-ring (bicyclic) bond motifs is 2. The van der Waals surface area contributed by atoms with Crippen LogP contribution in [0.5, 0.6) is 5.75 Å². The third-order valence-corrected chi connectivity index (χ3v) is 12.1. The van der Waals surface area contributed by atoms with Crippen LogP contribution in [0.15, 0.2) is 36.8 Å². The van der Waals surface area contributed by atoms with Crippen molar-refractivity contribution in [3.8, 4) is 16.9 Å². The first-order chi connectivity index (χ1) is 24.8. The number of benzene rings is 2. The summed E-state index contributed by atoms with van der Waals surface area (Å²) in [7, 11) is 2.13. The van der Waals surface area contributed by atoms with Gasteiger partial charge >= 0.3 is 6.18 Å². The van der Waals surface area contributed by atoms with Crippen LogP contribution in [0.25, 0.3) is 32.9 Å². The molecule has 2 aromatic carbocycles. The molecule has 6 heterocycles. The van der Waals surface area contributed by atoms with Crippen molar-refractivity contribution in [1.82, 2.24) is 30.0 Å². The van der Waals surface area contributed by atoms with Gasteiger partial charge in [0.2, 0.25) is 5.95 Å². The maximum absolute atomic E-state index is 14.1. The summed E-state index contributed by atoms with van der Waals surface area (Å²) in [6, 6.07) is 5.99. The molecule has 0 unspecified atom stereocenters. The Morgan fingerprint density at radius 3 is 2.37 bits per heavy atom. The first kappa shape index (κ1) is 33.4. The van der Waals surface area contributed by atoms with Crippen LogP contribution < -0.4 is 14.5 Å². The number of carbonyl (C=O) groups is 1. The molecule has 4 aliphatic heterocycles. The van der Waals surface area contributed by atoms with E-state index in [1.807, 2.05) is 19.1 Å². The van der Waals surface area contributed by atoms with E-state index in [1.54, 1.807) is 6.20 Å². The molecule has 5 aliphatic rings. The first-order valence-electron chi connectivity index (χ1n) is 18.1. The molecule has 2 aromatic heterocycles. The molecule has 52 heavy (non-hydrogen) atoms. The van der Waals surface area contributed by atoms with Crippen molar-refractivity contribution in [2.45, 2.75) is 51.1 Å². The molecular formula is C38H42F4N8O2. The highest BCUT2D eigenvalue weighted by molar-refractivity contribution is 6.06. The minimum absolute atomic E-state index is 0.111. The van der Waals surface area contributed by atoms with Crippen LogP contribution in [-0.2, 0) is 4.79 Å². The van der Waals surface area contributed by atoms with Gasteiger partial charge in [0.25, 0.3) is 5.91 Å². The predicted molar refractivity (Wildman–Crippen MR) is 190 cm³/mol. The molecule has 0 atom stereocenters. The van der Waals surface area contributed by atoms with Crippen molar-refractivity contribution in [2.24, 2.45) is 10.8 Å². The molecular weight excluding hydrogens is 676 g/mol. The number of alkyl halides is 3. The van der Waals surface area contributed by atoms with E-state index >= 15 is 0 Å². The van der Waals surface area contributed by atoms with Crippen LogP contribution in [0.3, 0.4) is 0 Å². The highest BCUT2D eigenvalue weighted by atomic mass is 19.4. The number of halogens is 4. The van der Waals surface area contributed by atoms with Gasteiger partial charge in [0.1, 0.15) is 11.3 Å². The molecule has 1 saturated carbocycles. The minimum atomic E-state index is -4.57. The van der Waals surface area contributed by atoms with Crippen molar-refractivity contribution in [3.63, 3.8) is 0 Å². The number of aromatic nitrogens is 4. The lowest BCUT2D eigenvalue weighted by Crippen LogP contribution is -2.62. The van der Waals surface area contributed by atoms with Gasteiger partial charge in [0.05, 0.1) is 11.7 Å². The molecule has 2 spiro atoms. The van der Waals surface area contributed by atoms with E-state index in [2.05, 4.69) is 44.6 Å². The largest absolute Gasteiger partial charge is 0.481 e. The molecule has 14 heteroatoms. The number of aryl methyl sites for hydroxylation is 1. The van der Waals surface area contributed by atoms with Crippen LogP contribution in [0.1, 0.15) is 49.1 Å². The highest BCUT2D eigenvalue weighted by Crippen LogP contribution is 2.54. The third-order valence-electron chi connectivity index (χ3n) is 12.1. The number of amides is 1. The van der Waals surface area contributed by atoms with Gasteiger partial charge in [-0.25, -0.2) is 9.37 Å². The number of likely N-dealkylation sites (tertiary alicyclic amines) is 2. The summed E-state index contributed by atoms with van der Waals surface area (Å²) in [5.41, 5.74) is 4.47. The Morgan fingerprint density at radius 2 is 1.71 bits per heavy atom.